The van der Waals surface area contributed by atoms with Gasteiger partial charge in [0.25, 0.3) is 0 Å². The van der Waals surface area contributed by atoms with Crippen molar-refractivity contribution in [2.75, 3.05) is 0 Å². The van der Waals surface area contributed by atoms with Crippen molar-refractivity contribution in [1.82, 2.24) is 0 Å². The first-order valence-corrected chi connectivity index (χ1v) is 4.56. The lowest BCUT2D eigenvalue weighted by atomic mass is 10.1. The minimum absolute atomic E-state index is 0.221. The molecular weight excluding hydrogens is 156 g/mol. The van der Waals surface area contributed by atoms with Crippen molar-refractivity contribution in [2.24, 2.45) is 0 Å². The molecule has 3 heteroatoms. The fraction of sp³-hybridized carbons (Fsp3) is 0.889. The maximum Gasteiger partial charge on any atom is 0.303 e. The molecule has 72 valence electrons. The average Bonchev–Trinajstić information content (AvgIpc) is 1.98. The third-order valence-electron chi connectivity index (χ3n) is 1.80. The highest BCUT2D eigenvalue weighted by Gasteiger charge is 2.02. The minimum Gasteiger partial charge on any atom is -0.481 e. The fourth-order valence-electron chi connectivity index (χ4n) is 1.13. The first kappa shape index (κ1) is 11.4. The van der Waals surface area contributed by atoms with E-state index in [9.17, 15) is 9.90 Å². The largest absolute Gasteiger partial charge is 0.481 e. The van der Waals surface area contributed by atoms with Gasteiger partial charge in [-0.05, 0) is 19.3 Å². The second-order valence-corrected chi connectivity index (χ2v) is 3.08. The van der Waals surface area contributed by atoms with Crippen LogP contribution in [0.2, 0.25) is 0 Å². The van der Waals surface area contributed by atoms with E-state index in [0.717, 1.165) is 25.7 Å². The number of aliphatic carboxylic acids is 1. The maximum absolute atomic E-state index is 10.1. The molecule has 0 aromatic rings. The zero-order valence-corrected chi connectivity index (χ0v) is 7.62. The summed E-state index contributed by atoms with van der Waals surface area (Å²) >= 11 is 0. The topological polar surface area (TPSA) is 57.5 Å². The van der Waals surface area contributed by atoms with E-state index in [1.54, 1.807) is 0 Å². The summed E-state index contributed by atoms with van der Waals surface area (Å²) < 4.78 is 0. The van der Waals surface area contributed by atoms with Crippen LogP contribution in [0.4, 0.5) is 0 Å². The molecule has 0 bridgehead atoms. The van der Waals surface area contributed by atoms with Gasteiger partial charge in [-0.15, -0.1) is 0 Å². The Morgan fingerprint density at radius 3 is 2.50 bits per heavy atom. The molecule has 0 aliphatic heterocycles. The van der Waals surface area contributed by atoms with E-state index in [0.29, 0.717) is 6.42 Å². The van der Waals surface area contributed by atoms with Crippen LogP contribution >= 0.6 is 0 Å². The molecule has 1 unspecified atom stereocenters. The molecule has 3 nitrogen and oxygen atoms in total. The van der Waals surface area contributed by atoms with E-state index >= 15 is 0 Å². The predicted octanol–water partition coefficient (Wildman–Crippen LogP) is 1.79. The van der Waals surface area contributed by atoms with Gasteiger partial charge in [0.1, 0.15) is 0 Å². The maximum atomic E-state index is 10.1. The third-order valence-corrected chi connectivity index (χ3v) is 1.80. The van der Waals surface area contributed by atoms with Crippen LogP contribution < -0.4 is 0 Å². The van der Waals surface area contributed by atoms with Gasteiger partial charge in [-0.2, -0.15) is 0 Å². The zero-order chi connectivity index (χ0) is 9.40. The normalized spacial score (nSPS) is 12.8. The number of hydrogen-bond donors (Lipinski definition) is 2. The number of carbonyl (C=O) groups is 1. The highest BCUT2D eigenvalue weighted by molar-refractivity contribution is 5.66. The molecule has 1 atom stereocenters. The lowest BCUT2D eigenvalue weighted by Crippen LogP contribution is -2.05. The van der Waals surface area contributed by atoms with Gasteiger partial charge in [-0.25, -0.2) is 0 Å². The van der Waals surface area contributed by atoms with Crippen LogP contribution in [0.15, 0.2) is 0 Å². The van der Waals surface area contributed by atoms with Crippen molar-refractivity contribution in [3.8, 4) is 0 Å². The number of aliphatic hydroxyl groups excluding tert-OH is 1. The summed E-state index contributed by atoms with van der Waals surface area (Å²) in [4.78, 5) is 10.1. The molecule has 0 aromatic heterocycles. The molecule has 0 saturated heterocycles. The second kappa shape index (κ2) is 7.10. The van der Waals surface area contributed by atoms with Crippen molar-refractivity contribution >= 4 is 5.97 Å². The molecule has 0 radical (unpaired) electrons. The predicted molar refractivity (Wildman–Crippen MR) is 47.0 cm³/mol. The van der Waals surface area contributed by atoms with Gasteiger partial charge in [-0.3, -0.25) is 4.79 Å². The SMILES string of the molecule is CCCC(O)CCCCC(=O)O. The summed E-state index contributed by atoms with van der Waals surface area (Å²) in [5.41, 5.74) is 0. The molecule has 0 rings (SSSR count). The highest BCUT2D eigenvalue weighted by atomic mass is 16.4. The van der Waals surface area contributed by atoms with Crippen molar-refractivity contribution in [2.45, 2.75) is 51.6 Å². The van der Waals surface area contributed by atoms with Gasteiger partial charge >= 0.3 is 5.97 Å². The Bertz CT molecular complexity index is 123. The Labute approximate surface area is 73.4 Å². The Hall–Kier alpha value is -0.570. The minimum atomic E-state index is -0.750. The summed E-state index contributed by atoms with van der Waals surface area (Å²) in [5.74, 6) is -0.750. The summed E-state index contributed by atoms with van der Waals surface area (Å²) in [5, 5.41) is 17.6. The summed E-state index contributed by atoms with van der Waals surface area (Å²) in [6, 6.07) is 0. The van der Waals surface area contributed by atoms with E-state index in [1.807, 2.05) is 6.92 Å². The molecule has 2 N–H and O–H groups in total. The molecule has 0 fully saturated rings. The van der Waals surface area contributed by atoms with Crippen LogP contribution in [0.25, 0.3) is 0 Å². The molecule has 12 heavy (non-hydrogen) atoms. The van der Waals surface area contributed by atoms with E-state index in [-0.39, 0.29) is 12.5 Å². The molecule has 0 amide bonds. The van der Waals surface area contributed by atoms with Crippen LogP contribution in [0.3, 0.4) is 0 Å². The second-order valence-electron chi connectivity index (χ2n) is 3.08. The number of rotatable bonds is 7. The lowest BCUT2D eigenvalue weighted by molar-refractivity contribution is -0.137. The lowest BCUT2D eigenvalue weighted by Gasteiger charge is -2.07. The van der Waals surface area contributed by atoms with Crippen LogP contribution in [-0.4, -0.2) is 22.3 Å². The Balaban J connectivity index is 3.13. The summed E-state index contributed by atoms with van der Waals surface area (Å²) in [6.07, 6.45) is 4.03. The molecule has 0 saturated carbocycles. The highest BCUT2D eigenvalue weighted by Crippen LogP contribution is 2.07. The monoisotopic (exact) mass is 174 g/mol. The van der Waals surface area contributed by atoms with Gasteiger partial charge < -0.3 is 10.2 Å². The van der Waals surface area contributed by atoms with E-state index in [2.05, 4.69) is 0 Å². The van der Waals surface area contributed by atoms with Gasteiger partial charge in [0.2, 0.25) is 0 Å². The Morgan fingerprint density at radius 2 is 2.00 bits per heavy atom. The molecule has 0 spiro atoms. The smallest absolute Gasteiger partial charge is 0.303 e. The zero-order valence-electron chi connectivity index (χ0n) is 7.62. The summed E-state index contributed by atoms with van der Waals surface area (Å²) in [6.45, 7) is 2.03. The average molecular weight is 174 g/mol. The van der Waals surface area contributed by atoms with Crippen molar-refractivity contribution in [3.63, 3.8) is 0 Å². The van der Waals surface area contributed by atoms with Crippen LogP contribution in [-0.2, 0) is 4.79 Å². The third kappa shape index (κ3) is 7.54. The van der Waals surface area contributed by atoms with Crippen LogP contribution in [0.5, 0.6) is 0 Å². The summed E-state index contributed by atoms with van der Waals surface area (Å²) in [7, 11) is 0. The number of carboxylic acid groups (broad SMARTS) is 1. The van der Waals surface area contributed by atoms with Crippen molar-refractivity contribution in [1.29, 1.82) is 0 Å². The van der Waals surface area contributed by atoms with Crippen molar-refractivity contribution < 1.29 is 15.0 Å². The van der Waals surface area contributed by atoms with Gasteiger partial charge in [0.15, 0.2) is 0 Å². The molecular formula is C9H18O3. The first-order valence-electron chi connectivity index (χ1n) is 4.56. The van der Waals surface area contributed by atoms with Crippen LogP contribution in [0, 0.1) is 0 Å². The standard InChI is InChI=1S/C9H18O3/c1-2-5-8(10)6-3-4-7-9(11)12/h8,10H,2-7H2,1H3,(H,11,12). The molecule has 0 aliphatic carbocycles. The first-order chi connectivity index (χ1) is 5.66. The van der Waals surface area contributed by atoms with Crippen LogP contribution in [0.1, 0.15) is 45.4 Å². The van der Waals surface area contributed by atoms with Gasteiger partial charge in [0.05, 0.1) is 6.10 Å². The number of hydrogen-bond acceptors (Lipinski definition) is 2. The van der Waals surface area contributed by atoms with E-state index in [1.165, 1.54) is 0 Å². The molecule has 0 heterocycles. The van der Waals surface area contributed by atoms with Gasteiger partial charge in [-0.1, -0.05) is 19.8 Å². The molecule has 0 aliphatic rings. The van der Waals surface area contributed by atoms with Gasteiger partial charge in [0, 0.05) is 6.42 Å². The Morgan fingerprint density at radius 1 is 1.33 bits per heavy atom. The fourth-order valence-corrected chi connectivity index (χ4v) is 1.13. The molecule has 0 aromatic carbocycles. The number of unbranched alkanes of at least 4 members (excludes halogenated alkanes) is 1. The van der Waals surface area contributed by atoms with Crippen molar-refractivity contribution in [3.05, 3.63) is 0 Å². The number of carboxylic acids is 1. The Kier molecular flexibility index (Phi) is 6.76. The quantitative estimate of drug-likeness (QED) is 0.578. The van der Waals surface area contributed by atoms with E-state index < -0.39 is 5.97 Å². The number of aliphatic hydroxyl groups is 1. The van der Waals surface area contributed by atoms with E-state index in [4.69, 9.17) is 5.11 Å².